The Morgan fingerprint density at radius 3 is 2.71 bits per heavy atom. The number of hydrogen-bond acceptors (Lipinski definition) is 4. The fourth-order valence-corrected chi connectivity index (χ4v) is 2.95. The lowest BCUT2D eigenvalue weighted by Crippen LogP contribution is -2.44. The minimum atomic E-state index is -0.413. The zero-order valence-electron chi connectivity index (χ0n) is 13.4. The zero-order chi connectivity index (χ0) is 16.8. The predicted molar refractivity (Wildman–Crippen MR) is 93.2 cm³/mol. The van der Waals surface area contributed by atoms with E-state index in [0.29, 0.717) is 17.2 Å². The van der Waals surface area contributed by atoms with Crippen LogP contribution in [0, 0.1) is 0 Å². The van der Waals surface area contributed by atoms with Crippen LogP contribution in [0.5, 0.6) is 0 Å². The van der Waals surface area contributed by atoms with Gasteiger partial charge in [0.25, 0.3) is 0 Å². The monoisotopic (exact) mass is 345 g/mol. The number of ether oxygens (including phenoxy) is 2. The summed E-state index contributed by atoms with van der Waals surface area (Å²) in [6.45, 7) is 3.37. The topological polar surface area (TPSA) is 38.8 Å². The predicted octanol–water partition coefficient (Wildman–Crippen LogP) is 3.40. The Bertz CT molecular complexity index is 677. The van der Waals surface area contributed by atoms with Crippen molar-refractivity contribution in [2.75, 3.05) is 26.3 Å². The number of hydrogen-bond donors (Lipinski definition) is 0. The summed E-state index contributed by atoms with van der Waals surface area (Å²) in [5.74, 6) is -0.413. The molecule has 4 nitrogen and oxygen atoms in total. The molecule has 0 aromatic heterocycles. The number of benzene rings is 2. The van der Waals surface area contributed by atoms with E-state index in [1.165, 1.54) is 5.56 Å². The van der Waals surface area contributed by atoms with Gasteiger partial charge >= 0.3 is 5.97 Å². The van der Waals surface area contributed by atoms with E-state index in [1.807, 2.05) is 18.2 Å². The lowest BCUT2D eigenvalue weighted by Gasteiger charge is -2.32. The van der Waals surface area contributed by atoms with E-state index in [-0.39, 0.29) is 12.7 Å². The number of halogens is 1. The van der Waals surface area contributed by atoms with Crippen LogP contribution in [0.1, 0.15) is 15.9 Å². The SMILES string of the molecule is O=C(OCC1CN(Cc2ccccc2)CCO1)c1ccccc1Cl. The molecule has 126 valence electrons. The third kappa shape index (κ3) is 4.57. The Morgan fingerprint density at radius 2 is 1.92 bits per heavy atom. The van der Waals surface area contributed by atoms with Gasteiger partial charge in [-0.1, -0.05) is 54.1 Å². The Hall–Kier alpha value is -1.88. The quantitative estimate of drug-likeness (QED) is 0.779. The summed E-state index contributed by atoms with van der Waals surface area (Å²) in [4.78, 5) is 14.4. The van der Waals surface area contributed by atoms with Gasteiger partial charge in [-0.15, -0.1) is 0 Å². The van der Waals surface area contributed by atoms with E-state index < -0.39 is 5.97 Å². The highest BCUT2D eigenvalue weighted by atomic mass is 35.5. The molecule has 0 aliphatic carbocycles. The summed E-state index contributed by atoms with van der Waals surface area (Å²) >= 11 is 6.01. The normalized spacial score (nSPS) is 18.3. The van der Waals surface area contributed by atoms with Crippen molar-refractivity contribution in [1.82, 2.24) is 4.90 Å². The van der Waals surface area contributed by atoms with Crippen LogP contribution in [0.25, 0.3) is 0 Å². The van der Waals surface area contributed by atoms with Crippen LogP contribution in [0.2, 0.25) is 5.02 Å². The number of carbonyl (C=O) groups is 1. The van der Waals surface area contributed by atoms with Crippen molar-refractivity contribution in [3.8, 4) is 0 Å². The van der Waals surface area contributed by atoms with Gasteiger partial charge in [-0.25, -0.2) is 4.79 Å². The van der Waals surface area contributed by atoms with Crippen LogP contribution in [0.4, 0.5) is 0 Å². The average molecular weight is 346 g/mol. The maximum atomic E-state index is 12.1. The summed E-state index contributed by atoms with van der Waals surface area (Å²) < 4.78 is 11.1. The van der Waals surface area contributed by atoms with Gasteiger partial charge in [0.05, 0.1) is 17.2 Å². The zero-order valence-corrected chi connectivity index (χ0v) is 14.1. The van der Waals surface area contributed by atoms with Gasteiger partial charge in [0.15, 0.2) is 0 Å². The van der Waals surface area contributed by atoms with E-state index in [9.17, 15) is 4.79 Å². The molecule has 1 aliphatic heterocycles. The number of morpholine rings is 1. The molecule has 1 unspecified atom stereocenters. The third-order valence-corrected chi connectivity index (χ3v) is 4.30. The van der Waals surface area contributed by atoms with Crippen molar-refractivity contribution in [1.29, 1.82) is 0 Å². The van der Waals surface area contributed by atoms with Crippen LogP contribution >= 0.6 is 11.6 Å². The average Bonchev–Trinajstić information content (AvgIpc) is 2.61. The molecule has 0 bridgehead atoms. The van der Waals surface area contributed by atoms with Gasteiger partial charge in [-0.05, 0) is 17.7 Å². The van der Waals surface area contributed by atoms with Gasteiger partial charge in [-0.2, -0.15) is 0 Å². The molecule has 0 saturated carbocycles. The van der Waals surface area contributed by atoms with Gasteiger partial charge < -0.3 is 9.47 Å². The van der Waals surface area contributed by atoms with Crippen molar-refractivity contribution in [2.45, 2.75) is 12.6 Å². The van der Waals surface area contributed by atoms with Gasteiger partial charge in [0, 0.05) is 19.6 Å². The molecule has 1 aliphatic rings. The second kappa shape index (κ2) is 8.29. The highest BCUT2D eigenvalue weighted by Crippen LogP contribution is 2.17. The lowest BCUT2D eigenvalue weighted by molar-refractivity contribution is -0.0612. The Labute approximate surface area is 146 Å². The van der Waals surface area contributed by atoms with E-state index in [0.717, 1.165) is 19.6 Å². The third-order valence-electron chi connectivity index (χ3n) is 3.97. The largest absolute Gasteiger partial charge is 0.459 e. The second-order valence-corrected chi connectivity index (χ2v) is 6.20. The van der Waals surface area contributed by atoms with Gasteiger partial charge in [-0.3, -0.25) is 4.90 Å². The van der Waals surface area contributed by atoms with Crippen molar-refractivity contribution in [2.24, 2.45) is 0 Å². The first-order valence-corrected chi connectivity index (χ1v) is 8.40. The molecule has 0 radical (unpaired) electrons. The molecule has 2 aromatic carbocycles. The molecule has 1 heterocycles. The molecule has 1 atom stereocenters. The van der Waals surface area contributed by atoms with Crippen molar-refractivity contribution in [3.63, 3.8) is 0 Å². The Kier molecular flexibility index (Phi) is 5.86. The molecule has 2 aromatic rings. The van der Waals surface area contributed by atoms with Crippen molar-refractivity contribution < 1.29 is 14.3 Å². The van der Waals surface area contributed by atoms with Crippen LogP contribution in [0.15, 0.2) is 54.6 Å². The van der Waals surface area contributed by atoms with E-state index in [4.69, 9.17) is 21.1 Å². The number of nitrogens with zero attached hydrogens (tertiary/aromatic N) is 1. The Balaban J connectivity index is 1.50. The van der Waals surface area contributed by atoms with Crippen molar-refractivity contribution >= 4 is 17.6 Å². The first-order valence-electron chi connectivity index (χ1n) is 8.02. The Morgan fingerprint density at radius 1 is 1.17 bits per heavy atom. The summed E-state index contributed by atoms with van der Waals surface area (Å²) in [7, 11) is 0. The lowest BCUT2D eigenvalue weighted by atomic mass is 10.2. The molecular weight excluding hydrogens is 326 g/mol. The van der Waals surface area contributed by atoms with Crippen LogP contribution in [-0.2, 0) is 16.0 Å². The fraction of sp³-hybridized carbons (Fsp3) is 0.316. The smallest absolute Gasteiger partial charge is 0.339 e. The van der Waals surface area contributed by atoms with Crippen molar-refractivity contribution in [3.05, 3.63) is 70.7 Å². The maximum absolute atomic E-state index is 12.1. The maximum Gasteiger partial charge on any atom is 0.339 e. The number of esters is 1. The first kappa shape index (κ1) is 17.0. The second-order valence-electron chi connectivity index (χ2n) is 5.79. The fourth-order valence-electron chi connectivity index (χ4n) is 2.74. The molecule has 0 N–H and O–H groups in total. The summed E-state index contributed by atoms with van der Waals surface area (Å²) in [5.41, 5.74) is 1.65. The molecule has 3 rings (SSSR count). The summed E-state index contributed by atoms with van der Waals surface area (Å²) in [6, 6.07) is 17.2. The minimum absolute atomic E-state index is 0.117. The minimum Gasteiger partial charge on any atom is -0.459 e. The number of rotatable bonds is 5. The van der Waals surface area contributed by atoms with E-state index in [2.05, 4.69) is 17.0 Å². The van der Waals surface area contributed by atoms with Crippen LogP contribution in [0.3, 0.4) is 0 Å². The van der Waals surface area contributed by atoms with Gasteiger partial charge in [0.2, 0.25) is 0 Å². The molecular formula is C19H20ClNO3. The highest BCUT2D eigenvalue weighted by molar-refractivity contribution is 6.33. The molecule has 1 fully saturated rings. The number of carbonyl (C=O) groups excluding carboxylic acids is 1. The first-order chi connectivity index (χ1) is 11.7. The molecule has 24 heavy (non-hydrogen) atoms. The van der Waals surface area contributed by atoms with Crippen LogP contribution in [-0.4, -0.2) is 43.3 Å². The summed E-state index contributed by atoms with van der Waals surface area (Å²) in [5, 5.41) is 0.401. The van der Waals surface area contributed by atoms with Gasteiger partial charge in [0.1, 0.15) is 12.7 Å². The molecule has 1 saturated heterocycles. The highest BCUT2D eigenvalue weighted by Gasteiger charge is 2.22. The standard InChI is InChI=1S/C19H20ClNO3/c20-18-9-5-4-8-17(18)19(22)24-14-16-13-21(10-11-23-16)12-15-6-2-1-3-7-15/h1-9,16H,10-14H2. The van der Waals surface area contributed by atoms with E-state index >= 15 is 0 Å². The molecule has 5 heteroatoms. The summed E-state index contributed by atoms with van der Waals surface area (Å²) in [6.07, 6.45) is -0.117. The molecule has 0 spiro atoms. The molecule has 0 amide bonds. The van der Waals surface area contributed by atoms with E-state index in [1.54, 1.807) is 24.3 Å². The van der Waals surface area contributed by atoms with Crippen LogP contribution < -0.4 is 0 Å².